The maximum Gasteiger partial charge on any atom is 0.234 e. The number of amides is 1. The number of nitrogens with one attached hydrogen (secondary N) is 1. The maximum absolute atomic E-state index is 12.0. The summed E-state index contributed by atoms with van der Waals surface area (Å²) < 4.78 is 1.75. The van der Waals surface area contributed by atoms with Gasteiger partial charge in [0.25, 0.3) is 0 Å². The molecule has 1 aromatic heterocycles. The monoisotopic (exact) mass is 353 g/mol. The molecule has 2 aromatic rings. The molecule has 0 saturated carbocycles. The van der Waals surface area contributed by atoms with Gasteiger partial charge in [0, 0.05) is 5.69 Å². The molecule has 0 spiro atoms. The molecule has 0 fully saturated rings. The number of hydrogen-bond acceptors (Lipinski definition) is 6. The summed E-state index contributed by atoms with van der Waals surface area (Å²) in [5, 5.41) is 11.0. The van der Waals surface area contributed by atoms with E-state index in [0.29, 0.717) is 11.7 Å². The lowest BCUT2D eigenvalue weighted by Crippen LogP contribution is -2.13. The average Bonchev–Trinajstić information content (AvgIpc) is 3.01. The molecule has 0 radical (unpaired) electrons. The first kappa shape index (κ1) is 17.3. The summed E-state index contributed by atoms with van der Waals surface area (Å²) in [6, 6.07) is 8.07. The van der Waals surface area contributed by atoms with Crippen molar-refractivity contribution < 1.29 is 4.79 Å². The number of hydrogen-bond donors (Lipinski definition) is 1. The summed E-state index contributed by atoms with van der Waals surface area (Å²) in [6.45, 7) is 4.38. The highest BCUT2D eigenvalue weighted by Crippen LogP contribution is 2.27. The Balaban J connectivity index is 1.83. The normalized spacial score (nSPS) is 12.1. The van der Waals surface area contributed by atoms with Crippen LogP contribution in [0.5, 0.6) is 0 Å². The van der Waals surface area contributed by atoms with Crippen molar-refractivity contribution >= 4 is 46.5 Å². The minimum atomic E-state index is -0.0257. The number of carbonyl (C=O) groups excluding carboxylic acids is 1. The molecule has 0 saturated heterocycles. The van der Waals surface area contributed by atoms with Crippen molar-refractivity contribution in [2.75, 3.05) is 17.3 Å². The first-order valence-electron chi connectivity index (χ1n) is 7.02. The van der Waals surface area contributed by atoms with Crippen LogP contribution in [0.3, 0.4) is 0 Å². The van der Waals surface area contributed by atoms with Crippen molar-refractivity contribution in [1.82, 2.24) is 10.2 Å². The van der Waals surface area contributed by atoms with E-state index in [0.717, 1.165) is 20.8 Å². The molecule has 0 unspecified atom stereocenters. The van der Waals surface area contributed by atoms with Crippen LogP contribution in [0.1, 0.15) is 31.7 Å². The Labute approximate surface area is 143 Å². The lowest BCUT2D eigenvalue weighted by atomic mass is 9.99. The van der Waals surface area contributed by atoms with Crippen LogP contribution in [0.15, 0.2) is 32.9 Å². The lowest BCUT2D eigenvalue weighted by molar-refractivity contribution is -0.113. The number of nitrogens with zero attached hydrogens (tertiary/aromatic N) is 2. The first-order valence-corrected chi connectivity index (χ1v) is 10.0. The molecule has 4 nitrogen and oxygen atoms in total. The van der Waals surface area contributed by atoms with Crippen LogP contribution in [-0.2, 0) is 4.79 Å². The Morgan fingerprint density at radius 1 is 1.27 bits per heavy atom. The van der Waals surface area contributed by atoms with Crippen LogP contribution >= 0.6 is 34.9 Å². The topological polar surface area (TPSA) is 54.9 Å². The number of rotatable bonds is 7. The third-order valence-electron chi connectivity index (χ3n) is 3.27. The summed E-state index contributed by atoms with van der Waals surface area (Å²) >= 11 is 4.49. The predicted molar refractivity (Wildman–Crippen MR) is 96.2 cm³/mol. The Kier molecular flexibility index (Phi) is 6.72. The van der Waals surface area contributed by atoms with Gasteiger partial charge >= 0.3 is 0 Å². The molecule has 2 rings (SSSR count). The van der Waals surface area contributed by atoms with Crippen LogP contribution in [0.25, 0.3) is 0 Å². The fraction of sp³-hybridized carbons (Fsp3) is 0.400. The average molecular weight is 354 g/mol. The quantitative estimate of drug-likeness (QED) is 0.743. The number of anilines is 1. The van der Waals surface area contributed by atoms with Gasteiger partial charge in [0.2, 0.25) is 5.91 Å². The van der Waals surface area contributed by atoms with Gasteiger partial charge in [0.05, 0.1) is 5.75 Å². The minimum absolute atomic E-state index is 0.0257. The van der Waals surface area contributed by atoms with Gasteiger partial charge in [-0.15, -0.1) is 10.2 Å². The molecular weight excluding hydrogens is 334 g/mol. The molecule has 0 aliphatic carbocycles. The number of benzene rings is 1. The van der Waals surface area contributed by atoms with Gasteiger partial charge < -0.3 is 5.32 Å². The molecular formula is C15H19N3OS3. The van der Waals surface area contributed by atoms with E-state index < -0.39 is 0 Å². The molecule has 1 amide bonds. The van der Waals surface area contributed by atoms with E-state index in [1.807, 2.05) is 18.4 Å². The van der Waals surface area contributed by atoms with Crippen LogP contribution in [-0.4, -0.2) is 28.1 Å². The minimum Gasteiger partial charge on any atom is -0.325 e. The standard InChI is InChI=1S/C15H19N3OS3/c1-4-10(2)11-5-7-12(8-6-11)16-13(19)9-21-15-18-17-14(20-3)22-15/h5-8,10H,4,9H2,1-3H3,(H,16,19)/t10-/m0/s1. The van der Waals surface area contributed by atoms with Gasteiger partial charge in [-0.25, -0.2) is 0 Å². The third-order valence-corrected chi connectivity index (χ3v) is 6.30. The first-order chi connectivity index (χ1) is 10.6. The van der Waals surface area contributed by atoms with E-state index in [2.05, 4.69) is 41.5 Å². The SMILES string of the molecule is CC[C@H](C)c1ccc(NC(=O)CSc2nnc(SC)s2)cc1. The summed E-state index contributed by atoms with van der Waals surface area (Å²) in [6.07, 6.45) is 3.08. The highest BCUT2D eigenvalue weighted by molar-refractivity contribution is 8.03. The van der Waals surface area contributed by atoms with Crippen molar-refractivity contribution in [3.63, 3.8) is 0 Å². The summed E-state index contributed by atoms with van der Waals surface area (Å²) in [5.74, 6) is 0.862. The highest BCUT2D eigenvalue weighted by Gasteiger charge is 2.08. The van der Waals surface area contributed by atoms with Crippen molar-refractivity contribution in [3.8, 4) is 0 Å². The van der Waals surface area contributed by atoms with Crippen molar-refractivity contribution in [2.24, 2.45) is 0 Å². The molecule has 118 valence electrons. The second-order valence-corrected chi connectivity index (χ2v) is 8.06. The van der Waals surface area contributed by atoms with Gasteiger partial charge in [0.15, 0.2) is 8.68 Å². The van der Waals surface area contributed by atoms with Gasteiger partial charge in [-0.2, -0.15) is 0 Å². The molecule has 0 aliphatic rings. The molecule has 0 bridgehead atoms. The van der Waals surface area contributed by atoms with E-state index in [-0.39, 0.29) is 5.91 Å². The number of carbonyl (C=O) groups is 1. The molecule has 22 heavy (non-hydrogen) atoms. The fourth-order valence-corrected chi connectivity index (χ4v) is 4.03. The number of aromatic nitrogens is 2. The zero-order valence-corrected chi connectivity index (χ0v) is 15.3. The van der Waals surface area contributed by atoms with Crippen molar-refractivity contribution in [2.45, 2.75) is 34.9 Å². The Bertz CT molecular complexity index is 613. The van der Waals surface area contributed by atoms with Crippen LogP contribution < -0.4 is 5.32 Å². The number of thioether (sulfide) groups is 2. The summed E-state index contributed by atoms with van der Waals surface area (Å²) in [7, 11) is 0. The van der Waals surface area contributed by atoms with Gasteiger partial charge in [0.1, 0.15) is 0 Å². The smallest absolute Gasteiger partial charge is 0.234 e. The van der Waals surface area contributed by atoms with Gasteiger partial charge in [-0.3, -0.25) is 4.79 Å². The Hall–Kier alpha value is -1.05. The zero-order valence-electron chi connectivity index (χ0n) is 12.8. The van der Waals surface area contributed by atoms with E-state index >= 15 is 0 Å². The Morgan fingerprint density at radius 2 is 1.95 bits per heavy atom. The molecule has 1 aromatic carbocycles. The second kappa shape index (κ2) is 8.55. The van der Waals surface area contributed by atoms with Crippen LogP contribution in [0.2, 0.25) is 0 Å². The zero-order chi connectivity index (χ0) is 15.9. The molecule has 1 N–H and O–H groups in total. The summed E-state index contributed by atoms with van der Waals surface area (Å²) in [4.78, 5) is 12.0. The van der Waals surface area contributed by atoms with E-state index in [1.54, 1.807) is 11.8 Å². The van der Waals surface area contributed by atoms with Crippen LogP contribution in [0, 0.1) is 0 Å². The van der Waals surface area contributed by atoms with E-state index in [9.17, 15) is 4.79 Å². The molecule has 0 aliphatic heterocycles. The predicted octanol–water partition coefficient (Wildman–Crippen LogP) is 4.50. The largest absolute Gasteiger partial charge is 0.325 e. The van der Waals surface area contributed by atoms with Gasteiger partial charge in [-0.05, 0) is 36.3 Å². The van der Waals surface area contributed by atoms with Crippen molar-refractivity contribution in [1.29, 1.82) is 0 Å². The molecule has 1 heterocycles. The highest BCUT2D eigenvalue weighted by atomic mass is 32.2. The summed E-state index contributed by atoms with van der Waals surface area (Å²) in [5.41, 5.74) is 2.13. The van der Waals surface area contributed by atoms with Crippen LogP contribution in [0.4, 0.5) is 5.69 Å². The van der Waals surface area contributed by atoms with E-state index in [4.69, 9.17) is 0 Å². The maximum atomic E-state index is 12.0. The lowest BCUT2D eigenvalue weighted by Gasteiger charge is -2.10. The van der Waals surface area contributed by atoms with Gasteiger partial charge in [-0.1, -0.05) is 60.8 Å². The second-order valence-electron chi connectivity index (χ2n) is 4.81. The van der Waals surface area contributed by atoms with Crippen molar-refractivity contribution in [3.05, 3.63) is 29.8 Å². The van der Waals surface area contributed by atoms with E-state index in [1.165, 1.54) is 28.7 Å². The third kappa shape index (κ3) is 5.00. The Morgan fingerprint density at radius 3 is 2.55 bits per heavy atom. The molecule has 7 heteroatoms. The molecule has 1 atom stereocenters. The fourth-order valence-electron chi connectivity index (χ4n) is 1.79.